The number of carbonyl (C=O) groups is 2. The second-order valence-electron chi connectivity index (χ2n) is 9.42. The number of primary amides is 1. The number of nitrogens with one attached hydrogen (secondary N) is 1. The van der Waals surface area contributed by atoms with Crippen molar-refractivity contribution in [3.63, 3.8) is 0 Å². The van der Waals surface area contributed by atoms with Crippen LogP contribution in [-0.4, -0.2) is 43.6 Å². The maximum absolute atomic E-state index is 13.6. The van der Waals surface area contributed by atoms with Gasteiger partial charge in [-0.05, 0) is 56.7 Å². The van der Waals surface area contributed by atoms with E-state index < -0.39 is 22.7 Å². The summed E-state index contributed by atoms with van der Waals surface area (Å²) in [5.74, 6) is -0.910. The van der Waals surface area contributed by atoms with Crippen molar-refractivity contribution < 1.29 is 23.8 Å². The highest BCUT2D eigenvalue weighted by Gasteiger charge is 2.45. The Kier molecular flexibility index (Phi) is 5.55. The summed E-state index contributed by atoms with van der Waals surface area (Å²) in [6.07, 6.45) is 3.17. The van der Waals surface area contributed by atoms with E-state index in [2.05, 4.69) is 20.2 Å². The van der Waals surface area contributed by atoms with E-state index in [4.69, 9.17) is 10.5 Å². The van der Waals surface area contributed by atoms with Crippen LogP contribution in [-0.2, 0) is 15.8 Å². The Morgan fingerprint density at radius 1 is 1.28 bits per heavy atom. The molecule has 5 rings (SSSR count). The van der Waals surface area contributed by atoms with E-state index in [1.54, 1.807) is 50.5 Å². The fourth-order valence-corrected chi connectivity index (χ4v) is 4.34. The van der Waals surface area contributed by atoms with Crippen LogP contribution < -0.4 is 10.5 Å². The van der Waals surface area contributed by atoms with Crippen molar-refractivity contribution in [3.05, 3.63) is 71.6 Å². The zero-order valence-electron chi connectivity index (χ0n) is 19.7. The molecule has 184 valence electrons. The van der Waals surface area contributed by atoms with Gasteiger partial charge in [0, 0.05) is 35.3 Å². The lowest BCUT2D eigenvalue weighted by Crippen LogP contribution is -2.40. The molecule has 0 spiro atoms. The van der Waals surface area contributed by atoms with Crippen LogP contribution in [0.15, 0.2) is 48.8 Å². The molecule has 0 radical (unpaired) electrons. The first-order valence-corrected chi connectivity index (χ1v) is 11.4. The SMILES string of the molecule is C[C@](O)(CCC(=O)c1n[nH]c2ccncc12)c1cc2c(c(-c3ccc(F)cc3)n1)OC[C@]2(C)C(N)=O. The van der Waals surface area contributed by atoms with Gasteiger partial charge in [-0.1, -0.05) is 0 Å². The molecular formula is C26H24FN5O4. The van der Waals surface area contributed by atoms with Crippen LogP contribution >= 0.6 is 0 Å². The fourth-order valence-electron chi connectivity index (χ4n) is 4.34. The number of amides is 1. The number of halogens is 1. The number of hydrogen-bond acceptors (Lipinski definition) is 7. The highest BCUT2D eigenvalue weighted by Crippen LogP contribution is 2.46. The fraction of sp³-hybridized carbons (Fsp3) is 0.269. The van der Waals surface area contributed by atoms with Gasteiger partial charge in [0.15, 0.2) is 5.78 Å². The molecule has 0 saturated heterocycles. The van der Waals surface area contributed by atoms with Crippen molar-refractivity contribution in [1.29, 1.82) is 0 Å². The van der Waals surface area contributed by atoms with E-state index in [9.17, 15) is 19.1 Å². The Hall–Kier alpha value is -4.18. The van der Waals surface area contributed by atoms with Crippen molar-refractivity contribution in [1.82, 2.24) is 20.2 Å². The largest absolute Gasteiger partial charge is 0.489 e. The Morgan fingerprint density at radius 2 is 2.03 bits per heavy atom. The molecule has 4 aromatic rings. The third-order valence-corrected chi connectivity index (χ3v) is 6.75. The monoisotopic (exact) mass is 489 g/mol. The number of fused-ring (bicyclic) bond motifs is 2. The lowest BCUT2D eigenvalue weighted by Gasteiger charge is -2.25. The number of aromatic amines is 1. The van der Waals surface area contributed by atoms with E-state index >= 15 is 0 Å². The molecule has 10 heteroatoms. The summed E-state index contributed by atoms with van der Waals surface area (Å²) in [7, 11) is 0. The smallest absolute Gasteiger partial charge is 0.231 e. The van der Waals surface area contributed by atoms with E-state index in [1.165, 1.54) is 12.1 Å². The molecule has 1 aliphatic rings. The summed E-state index contributed by atoms with van der Waals surface area (Å²) >= 11 is 0. The number of nitrogens with two attached hydrogens (primary N) is 1. The predicted molar refractivity (Wildman–Crippen MR) is 129 cm³/mol. The molecular weight excluding hydrogens is 465 g/mol. The van der Waals surface area contributed by atoms with Gasteiger partial charge in [-0.3, -0.25) is 19.7 Å². The van der Waals surface area contributed by atoms with Crippen molar-refractivity contribution in [3.8, 4) is 17.0 Å². The number of rotatable bonds is 7. The molecule has 0 saturated carbocycles. The van der Waals surface area contributed by atoms with E-state index in [0.717, 1.165) is 0 Å². The normalized spacial score (nSPS) is 18.4. The molecule has 0 unspecified atom stereocenters. The topological polar surface area (TPSA) is 144 Å². The van der Waals surface area contributed by atoms with Gasteiger partial charge >= 0.3 is 0 Å². The molecule has 36 heavy (non-hydrogen) atoms. The molecule has 1 aromatic carbocycles. The van der Waals surface area contributed by atoms with Gasteiger partial charge in [-0.15, -0.1) is 0 Å². The zero-order chi connectivity index (χ0) is 25.7. The van der Waals surface area contributed by atoms with Crippen LogP contribution in [0.1, 0.15) is 48.4 Å². The minimum atomic E-state index is -1.55. The second-order valence-corrected chi connectivity index (χ2v) is 9.42. The Morgan fingerprint density at radius 3 is 2.75 bits per heavy atom. The number of nitrogens with zero attached hydrogens (tertiary/aromatic N) is 3. The number of aliphatic hydroxyl groups is 1. The lowest BCUT2D eigenvalue weighted by molar-refractivity contribution is -0.123. The molecule has 1 aliphatic heterocycles. The summed E-state index contributed by atoms with van der Waals surface area (Å²) in [4.78, 5) is 34.0. The second kappa shape index (κ2) is 8.49. The summed E-state index contributed by atoms with van der Waals surface area (Å²) in [5.41, 5.74) is 5.56. The van der Waals surface area contributed by atoms with Crippen LogP contribution in [0.25, 0.3) is 22.2 Å². The summed E-state index contributed by atoms with van der Waals surface area (Å²) in [6.45, 7) is 3.22. The number of Topliss-reactive ketones (excluding diaryl/α,β-unsaturated/α-hetero) is 1. The van der Waals surface area contributed by atoms with E-state index in [0.29, 0.717) is 33.5 Å². The molecule has 4 N–H and O–H groups in total. The lowest BCUT2D eigenvalue weighted by atomic mass is 9.81. The third-order valence-electron chi connectivity index (χ3n) is 6.75. The average molecular weight is 490 g/mol. The maximum Gasteiger partial charge on any atom is 0.231 e. The summed E-state index contributed by atoms with van der Waals surface area (Å²) in [5, 5.41) is 18.9. The van der Waals surface area contributed by atoms with Crippen molar-refractivity contribution in [2.24, 2.45) is 5.73 Å². The molecule has 0 aliphatic carbocycles. The Bertz CT molecular complexity index is 1500. The zero-order valence-corrected chi connectivity index (χ0v) is 19.7. The number of hydrogen-bond donors (Lipinski definition) is 3. The quantitative estimate of drug-likeness (QED) is 0.338. The van der Waals surface area contributed by atoms with Gasteiger partial charge in [0.25, 0.3) is 0 Å². The molecule has 4 heterocycles. The third kappa shape index (κ3) is 3.89. The Labute approximate surface area is 205 Å². The van der Waals surface area contributed by atoms with Gasteiger partial charge < -0.3 is 15.6 Å². The minimum absolute atomic E-state index is 0.0118. The Balaban J connectivity index is 1.51. The van der Waals surface area contributed by atoms with Crippen LogP contribution in [0.3, 0.4) is 0 Å². The van der Waals surface area contributed by atoms with Gasteiger partial charge in [-0.25, -0.2) is 9.37 Å². The van der Waals surface area contributed by atoms with Gasteiger partial charge in [0.1, 0.15) is 40.6 Å². The van der Waals surface area contributed by atoms with Crippen LogP contribution in [0.2, 0.25) is 0 Å². The molecule has 0 fully saturated rings. The van der Waals surface area contributed by atoms with Crippen LogP contribution in [0.5, 0.6) is 5.75 Å². The number of benzene rings is 1. The standard InChI is InChI=1S/C26H24FN5O4/c1-25(24(28)34)13-36-23-17(25)11-20(30-21(23)14-3-5-15(27)6-4-14)26(2,35)9-7-19(33)22-16-12-29-10-8-18(16)31-32-22/h3-6,8,10-12,35H,7,9,13H2,1-2H3,(H2,28,34)(H,31,32)/t25-,26-/m0/s1. The van der Waals surface area contributed by atoms with E-state index in [-0.39, 0.29) is 36.6 Å². The number of ether oxygens (including phenoxy) is 1. The first kappa shape index (κ1) is 23.6. The summed E-state index contributed by atoms with van der Waals surface area (Å²) in [6, 6.07) is 8.98. The molecule has 9 nitrogen and oxygen atoms in total. The van der Waals surface area contributed by atoms with Gasteiger partial charge in [0.2, 0.25) is 5.91 Å². The molecule has 1 amide bonds. The highest BCUT2D eigenvalue weighted by molar-refractivity contribution is 6.05. The number of ketones is 1. The molecule has 2 atom stereocenters. The van der Waals surface area contributed by atoms with Crippen molar-refractivity contribution in [2.75, 3.05) is 6.61 Å². The highest BCUT2D eigenvalue weighted by atomic mass is 19.1. The number of H-pyrrole nitrogens is 1. The predicted octanol–water partition coefficient (Wildman–Crippen LogP) is 3.17. The minimum Gasteiger partial charge on any atom is -0.489 e. The van der Waals surface area contributed by atoms with E-state index in [1.807, 2.05) is 0 Å². The summed E-state index contributed by atoms with van der Waals surface area (Å²) < 4.78 is 19.4. The molecule has 0 bridgehead atoms. The van der Waals surface area contributed by atoms with Gasteiger partial charge in [-0.2, -0.15) is 5.10 Å². The van der Waals surface area contributed by atoms with Crippen LogP contribution in [0, 0.1) is 5.82 Å². The van der Waals surface area contributed by atoms with Gasteiger partial charge in [0.05, 0.1) is 11.2 Å². The first-order chi connectivity index (χ1) is 17.1. The number of carbonyl (C=O) groups excluding carboxylic acids is 2. The van der Waals surface area contributed by atoms with Crippen molar-refractivity contribution >= 4 is 22.6 Å². The number of aromatic nitrogens is 4. The van der Waals surface area contributed by atoms with Crippen LogP contribution in [0.4, 0.5) is 4.39 Å². The average Bonchev–Trinajstić information content (AvgIpc) is 3.45. The first-order valence-electron chi connectivity index (χ1n) is 11.4. The number of pyridine rings is 2. The maximum atomic E-state index is 13.6. The molecule has 3 aromatic heterocycles. The van der Waals surface area contributed by atoms with Crippen molar-refractivity contribution in [2.45, 2.75) is 37.7 Å².